The van der Waals surface area contributed by atoms with Crippen molar-refractivity contribution in [3.63, 3.8) is 0 Å². The Balaban J connectivity index is 1.78. The van der Waals surface area contributed by atoms with Gasteiger partial charge in [0.2, 0.25) is 0 Å². The molecule has 4 rings (SSSR count). The highest BCUT2D eigenvalue weighted by Crippen LogP contribution is 2.33. The van der Waals surface area contributed by atoms with Crippen LogP contribution >= 0.6 is 11.3 Å². The normalized spacial score (nSPS) is 11.1. The molecule has 142 valence electrons. The molecule has 0 aliphatic heterocycles. The number of fused-ring (bicyclic) bond motifs is 1. The van der Waals surface area contributed by atoms with Gasteiger partial charge in [0.25, 0.3) is 5.91 Å². The Morgan fingerprint density at radius 2 is 2.07 bits per heavy atom. The molecule has 0 atom stereocenters. The zero-order valence-corrected chi connectivity index (χ0v) is 16.9. The van der Waals surface area contributed by atoms with E-state index in [1.165, 1.54) is 16.9 Å². The van der Waals surface area contributed by atoms with E-state index in [1.54, 1.807) is 21.8 Å². The minimum Gasteiger partial charge on any atom is -0.276 e. The van der Waals surface area contributed by atoms with Crippen LogP contribution in [-0.2, 0) is 13.1 Å². The molecule has 1 aromatic carbocycles. The number of carbonyl (C=O) groups is 1. The molecular weight excluding hydrogens is 370 g/mol. The van der Waals surface area contributed by atoms with Gasteiger partial charge < -0.3 is 0 Å². The van der Waals surface area contributed by atoms with Crippen LogP contribution in [0.4, 0.5) is 5.13 Å². The van der Waals surface area contributed by atoms with Gasteiger partial charge in [0.1, 0.15) is 0 Å². The van der Waals surface area contributed by atoms with Gasteiger partial charge in [0, 0.05) is 18.9 Å². The Morgan fingerprint density at radius 3 is 2.79 bits per heavy atom. The van der Waals surface area contributed by atoms with Gasteiger partial charge in [-0.1, -0.05) is 23.5 Å². The Labute approximate surface area is 167 Å². The fraction of sp³-hybridized carbons (Fsp3) is 0.238. The molecule has 0 radical (unpaired) electrons. The predicted octanol–water partition coefficient (Wildman–Crippen LogP) is 4.37. The third kappa shape index (κ3) is 3.53. The summed E-state index contributed by atoms with van der Waals surface area (Å²) < 4.78 is 2.84. The van der Waals surface area contributed by atoms with Crippen molar-refractivity contribution in [3.8, 4) is 0 Å². The molecule has 0 aliphatic carbocycles. The van der Waals surface area contributed by atoms with E-state index in [9.17, 15) is 4.79 Å². The number of rotatable bonds is 5. The number of thiazole rings is 1. The summed E-state index contributed by atoms with van der Waals surface area (Å²) in [6.45, 7) is 7.18. The van der Waals surface area contributed by atoms with E-state index in [0.29, 0.717) is 23.9 Å². The summed E-state index contributed by atoms with van der Waals surface area (Å²) >= 11 is 1.53. The molecule has 0 bridgehead atoms. The second kappa shape index (κ2) is 7.52. The summed E-state index contributed by atoms with van der Waals surface area (Å²) in [5.41, 5.74) is 4.45. The highest BCUT2D eigenvalue weighted by Gasteiger charge is 2.24. The largest absolute Gasteiger partial charge is 0.280 e. The average Bonchev–Trinajstić information content (AvgIpc) is 3.33. The number of hydrogen-bond acceptors (Lipinski definition) is 5. The Kier molecular flexibility index (Phi) is 4.92. The second-order valence-corrected chi connectivity index (χ2v) is 7.67. The van der Waals surface area contributed by atoms with Gasteiger partial charge in [-0.2, -0.15) is 5.10 Å². The van der Waals surface area contributed by atoms with Crippen molar-refractivity contribution in [3.05, 3.63) is 71.3 Å². The number of pyridine rings is 1. The lowest BCUT2D eigenvalue weighted by Gasteiger charge is -2.18. The van der Waals surface area contributed by atoms with Crippen molar-refractivity contribution < 1.29 is 4.79 Å². The number of anilines is 1. The molecule has 0 saturated heterocycles. The smallest absolute Gasteiger partial charge is 0.276 e. The zero-order chi connectivity index (χ0) is 19.7. The molecule has 0 aliphatic rings. The molecule has 0 N–H and O–H groups in total. The van der Waals surface area contributed by atoms with Crippen molar-refractivity contribution in [1.29, 1.82) is 0 Å². The summed E-state index contributed by atoms with van der Waals surface area (Å²) in [7, 11) is 0. The minimum absolute atomic E-state index is 0.175. The first-order chi connectivity index (χ1) is 13.5. The maximum Gasteiger partial charge on any atom is 0.280 e. The molecule has 0 unspecified atom stereocenters. The molecule has 6 nitrogen and oxygen atoms in total. The SMILES string of the molecule is CCn1ccc(C(=O)N(Cc2ccccn2)c2nc3cc(C)cc(C)c3s2)n1. The van der Waals surface area contributed by atoms with Crippen LogP contribution in [0.2, 0.25) is 0 Å². The van der Waals surface area contributed by atoms with E-state index in [0.717, 1.165) is 21.5 Å². The van der Waals surface area contributed by atoms with E-state index in [1.807, 2.05) is 31.3 Å². The third-order valence-electron chi connectivity index (χ3n) is 4.51. The second-order valence-electron chi connectivity index (χ2n) is 6.70. The maximum absolute atomic E-state index is 13.3. The van der Waals surface area contributed by atoms with Gasteiger partial charge in [0.05, 0.1) is 22.5 Å². The molecular formula is C21H21N5OS. The molecule has 1 amide bonds. The number of nitrogens with zero attached hydrogens (tertiary/aromatic N) is 5. The first-order valence-electron chi connectivity index (χ1n) is 9.18. The number of amides is 1. The van der Waals surface area contributed by atoms with Crippen LogP contribution in [0.25, 0.3) is 10.2 Å². The lowest BCUT2D eigenvalue weighted by molar-refractivity contribution is 0.0979. The van der Waals surface area contributed by atoms with Gasteiger partial charge in [-0.25, -0.2) is 4.98 Å². The molecule has 28 heavy (non-hydrogen) atoms. The van der Waals surface area contributed by atoms with Crippen molar-refractivity contribution in [2.45, 2.75) is 33.9 Å². The minimum atomic E-state index is -0.175. The van der Waals surface area contributed by atoms with Gasteiger partial charge >= 0.3 is 0 Å². The van der Waals surface area contributed by atoms with E-state index in [-0.39, 0.29) is 5.91 Å². The van der Waals surface area contributed by atoms with Crippen LogP contribution < -0.4 is 4.90 Å². The molecule has 0 saturated carbocycles. The Hall–Kier alpha value is -3.06. The fourth-order valence-corrected chi connectivity index (χ4v) is 4.16. The fourth-order valence-electron chi connectivity index (χ4n) is 3.15. The van der Waals surface area contributed by atoms with E-state index in [2.05, 4.69) is 36.1 Å². The number of aromatic nitrogens is 4. The number of benzene rings is 1. The standard InChI is InChI=1S/C21H21N5OS/c1-4-25-10-8-17(24-25)20(27)26(13-16-7-5-6-9-22-16)21-23-18-12-14(2)11-15(3)19(18)28-21/h5-12H,4,13H2,1-3H3. The highest BCUT2D eigenvalue weighted by atomic mass is 32.1. The lowest BCUT2D eigenvalue weighted by atomic mass is 10.1. The molecule has 3 aromatic heterocycles. The summed E-state index contributed by atoms with van der Waals surface area (Å²) in [4.78, 5) is 24.1. The Bertz CT molecular complexity index is 1130. The topological polar surface area (TPSA) is 63.9 Å². The average molecular weight is 392 g/mol. The molecule has 3 heterocycles. The van der Waals surface area contributed by atoms with Crippen LogP contribution in [0.5, 0.6) is 0 Å². The summed E-state index contributed by atoms with van der Waals surface area (Å²) in [6, 6.07) is 11.6. The van der Waals surface area contributed by atoms with Crippen molar-refractivity contribution in [1.82, 2.24) is 19.7 Å². The van der Waals surface area contributed by atoms with Crippen LogP contribution in [-0.4, -0.2) is 25.7 Å². The maximum atomic E-state index is 13.3. The van der Waals surface area contributed by atoms with E-state index < -0.39 is 0 Å². The molecule has 0 fully saturated rings. The highest BCUT2D eigenvalue weighted by molar-refractivity contribution is 7.22. The lowest BCUT2D eigenvalue weighted by Crippen LogP contribution is -2.31. The van der Waals surface area contributed by atoms with Gasteiger partial charge in [-0.05, 0) is 56.2 Å². The quantitative estimate of drug-likeness (QED) is 0.507. The monoisotopic (exact) mass is 391 g/mol. The number of aryl methyl sites for hydroxylation is 3. The van der Waals surface area contributed by atoms with Gasteiger partial charge in [-0.3, -0.25) is 19.4 Å². The summed E-state index contributed by atoms with van der Waals surface area (Å²) in [5.74, 6) is -0.175. The zero-order valence-electron chi connectivity index (χ0n) is 16.1. The van der Waals surface area contributed by atoms with Crippen molar-refractivity contribution >= 4 is 32.6 Å². The third-order valence-corrected chi connectivity index (χ3v) is 5.74. The van der Waals surface area contributed by atoms with Crippen LogP contribution in [0.3, 0.4) is 0 Å². The summed E-state index contributed by atoms with van der Waals surface area (Å²) in [6.07, 6.45) is 3.55. The first-order valence-corrected chi connectivity index (χ1v) is 10.00. The number of hydrogen-bond donors (Lipinski definition) is 0. The van der Waals surface area contributed by atoms with Crippen molar-refractivity contribution in [2.75, 3.05) is 4.90 Å². The predicted molar refractivity (Wildman–Crippen MR) is 112 cm³/mol. The number of carbonyl (C=O) groups excluding carboxylic acids is 1. The first kappa shape index (κ1) is 18.3. The van der Waals surface area contributed by atoms with Crippen LogP contribution in [0, 0.1) is 13.8 Å². The van der Waals surface area contributed by atoms with E-state index in [4.69, 9.17) is 4.98 Å². The Morgan fingerprint density at radius 1 is 1.21 bits per heavy atom. The molecule has 4 aromatic rings. The van der Waals surface area contributed by atoms with Crippen molar-refractivity contribution in [2.24, 2.45) is 0 Å². The summed E-state index contributed by atoms with van der Waals surface area (Å²) in [5, 5.41) is 5.04. The van der Waals surface area contributed by atoms with Crippen LogP contribution in [0.1, 0.15) is 34.2 Å². The van der Waals surface area contributed by atoms with Crippen LogP contribution in [0.15, 0.2) is 48.8 Å². The molecule has 7 heteroatoms. The van der Waals surface area contributed by atoms with Gasteiger partial charge in [0.15, 0.2) is 10.8 Å². The van der Waals surface area contributed by atoms with E-state index >= 15 is 0 Å². The molecule has 0 spiro atoms. The van der Waals surface area contributed by atoms with Gasteiger partial charge in [-0.15, -0.1) is 0 Å².